The van der Waals surface area contributed by atoms with E-state index < -0.39 is 0 Å². The SMILES string of the molecule is C=CCc1cc(C(=O)Nc2c(C)cccc2CC)cc(OC)c1OC. The molecule has 0 unspecified atom stereocenters. The molecule has 2 aromatic carbocycles. The Hall–Kier alpha value is -2.75. The number of carbonyl (C=O) groups excluding carboxylic acids is 1. The van der Waals surface area contributed by atoms with Gasteiger partial charge in [0.1, 0.15) is 0 Å². The smallest absolute Gasteiger partial charge is 0.255 e. The second kappa shape index (κ2) is 8.38. The fraction of sp³-hybridized carbons (Fsp3) is 0.286. The summed E-state index contributed by atoms with van der Waals surface area (Å²) in [6.45, 7) is 7.83. The second-order valence-corrected chi connectivity index (χ2v) is 5.78. The monoisotopic (exact) mass is 339 g/mol. The molecular weight excluding hydrogens is 314 g/mol. The summed E-state index contributed by atoms with van der Waals surface area (Å²) in [5, 5.41) is 3.04. The highest BCUT2D eigenvalue weighted by atomic mass is 16.5. The van der Waals surface area contributed by atoms with Crippen LogP contribution in [-0.2, 0) is 12.8 Å². The largest absolute Gasteiger partial charge is 0.493 e. The van der Waals surface area contributed by atoms with E-state index in [1.165, 1.54) is 0 Å². The van der Waals surface area contributed by atoms with Crippen molar-refractivity contribution in [1.82, 2.24) is 0 Å². The Kier molecular flexibility index (Phi) is 6.23. The zero-order chi connectivity index (χ0) is 18.4. The normalized spacial score (nSPS) is 10.2. The van der Waals surface area contributed by atoms with Gasteiger partial charge in [-0.15, -0.1) is 6.58 Å². The maximum Gasteiger partial charge on any atom is 0.255 e. The van der Waals surface area contributed by atoms with E-state index in [1.807, 2.05) is 31.2 Å². The first kappa shape index (κ1) is 18.6. The Morgan fingerprint density at radius 3 is 2.56 bits per heavy atom. The van der Waals surface area contributed by atoms with Crippen LogP contribution in [0.25, 0.3) is 0 Å². The lowest BCUT2D eigenvalue weighted by Crippen LogP contribution is -2.15. The van der Waals surface area contributed by atoms with Gasteiger partial charge in [0.2, 0.25) is 0 Å². The molecule has 0 spiro atoms. The van der Waals surface area contributed by atoms with Gasteiger partial charge in [-0.3, -0.25) is 4.79 Å². The molecule has 0 radical (unpaired) electrons. The third kappa shape index (κ3) is 4.02. The Morgan fingerprint density at radius 2 is 1.96 bits per heavy atom. The van der Waals surface area contributed by atoms with Crippen molar-refractivity contribution < 1.29 is 14.3 Å². The van der Waals surface area contributed by atoms with Crippen LogP contribution in [0.5, 0.6) is 11.5 Å². The summed E-state index contributed by atoms with van der Waals surface area (Å²) in [4.78, 5) is 12.8. The lowest BCUT2D eigenvalue weighted by Gasteiger charge is -2.16. The van der Waals surface area contributed by atoms with Crippen LogP contribution >= 0.6 is 0 Å². The Bertz CT molecular complexity index is 781. The molecule has 0 heterocycles. The lowest BCUT2D eigenvalue weighted by atomic mass is 10.0. The van der Waals surface area contributed by atoms with Crippen molar-refractivity contribution in [2.45, 2.75) is 26.7 Å². The van der Waals surface area contributed by atoms with Crippen molar-refractivity contribution in [3.63, 3.8) is 0 Å². The molecule has 0 saturated carbocycles. The molecule has 0 atom stereocenters. The number of amides is 1. The molecule has 0 aromatic heterocycles. The third-order valence-electron chi connectivity index (χ3n) is 4.16. The number of hydrogen-bond donors (Lipinski definition) is 1. The molecule has 25 heavy (non-hydrogen) atoms. The van der Waals surface area contributed by atoms with Crippen LogP contribution in [0.15, 0.2) is 43.0 Å². The van der Waals surface area contributed by atoms with Crippen molar-refractivity contribution in [3.8, 4) is 11.5 Å². The van der Waals surface area contributed by atoms with Crippen molar-refractivity contribution >= 4 is 11.6 Å². The van der Waals surface area contributed by atoms with Gasteiger partial charge in [-0.25, -0.2) is 0 Å². The number of allylic oxidation sites excluding steroid dienone is 1. The molecule has 0 bridgehead atoms. The number of anilines is 1. The van der Waals surface area contributed by atoms with E-state index in [2.05, 4.69) is 18.8 Å². The highest BCUT2D eigenvalue weighted by Crippen LogP contribution is 2.33. The van der Waals surface area contributed by atoms with Gasteiger partial charge in [0, 0.05) is 16.8 Å². The Balaban J connectivity index is 2.43. The van der Waals surface area contributed by atoms with Gasteiger partial charge < -0.3 is 14.8 Å². The summed E-state index contributed by atoms with van der Waals surface area (Å²) in [7, 11) is 3.15. The quantitative estimate of drug-likeness (QED) is 0.753. The van der Waals surface area contributed by atoms with Gasteiger partial charge in [0.05, 0.1) is 14.2 Å². The molecule has 1 amide bonds. The number of nitrogens with one attached hydrogen (secondary N) is 1. The Morgan fingerprint density at radius 1 is 1.20 bits per heavy atom. The van der Waals surface area contributed by atoms with E-state index in [-0.39, 0.29) is 5.91 Å². The first-order valence-corrected chi connectivity index (χ1v) is 8.31. The van der Waals surface area contributed by atoms with E-state index in [0.29, 0.717) is 23.5 Å². The molecule has 0 saturated heterocycles. The number of ether oxygens (including phenoxy) is 2. The number of benzene rings is 2. The van der Waals surface area contributed by atoms with Gasteiger partial charge in [-0.05, 0) is 43.0 Å². The van der Waals surface area contributed by atoms with E-state index in [1.54, 1.807) is 26.4 Å². The first-order chi connectivity index (χ1) is 12.0. The molecule has 132 valence electrons. The van der Waals surface area contributed by atoms with Crippen molar-refractivity contribution in [2.24, 2.45) is 0 Å². The van der Waals surface area contributed by atoms with Crippen LogP contribution in [0.4, 0.5) is 5.69 Å². The molecule has 4 heteroatoms. The predicted molar refractivity (Wildman–Crippen MR) is 102 cm³/mol. The minimum Gasteiger partial charge on any atom is -0.493 e. The summed E-state index contributed by atoms with van der Waals surface area (Å²) in [6.07, 6.45) is 3.21. The molecule has 1 N–H and O–H groups in total. The topological polar surface area (TPSA) is 47.6 Å². The molecule has 0 aliphatic heterocycles. The van der Waals surface area contributed by atoms with Gasteiger partial charge in [0.25, 0.3) is 5.91 Å². The lowest BCUT2D eigenvalue weighted by molar-refractivity contribution is 0.102. The number of aryl methyl sites for hydroxylation is 2. The van der Waals surface area contributed by atoms with E-state index >= 15 is 0 Å². The molecule has 2 aromatic rings. The van der Waals surface area contributed by atoms with Crippen LogP contribution in [0.1, 0.15) is 34.0 Å². The molecule has 0 aliphatic carbocycles. The van der Waals surface area contributed by atoms with Gasteiger partial charge >= 0.3 is 0 Å². The molecule has 4 nitrogen and oxygen atoms in total. The fourth-order valence-corrected chi connectivity index (χ4v) is 2.87. The van der Waals surface area contributed by atoms with Crippen molar-refractivity contribution in [2.75, 3.05) is 19.5 Å². The highest BCUT2D eigenvalue weighted by molar-refractivity contribution is 6.05. The summed E-state index contributed by atoms with van der Waals surface area (Å²) >= 11 is 0. The van der Waals surface area contributed by atoms with Gasteiger partial charge in [-0.1, -0.05) is 31.2 Å². The average molecular weight is 339 g/mol. The second-order valence-electron chi connectivity index (χ2n) is 5.78. The maximum absolute atomic E-state index is 12.8. The molecule has 0 aliphatic rings. The van der Waals surface area contributed by atoms with Crippen LogP contribution in [-0.4, -0.2) is 20.1 Å². The predicted octanol–water partition coefficient (Wildman–Crippen LogP) is 4.56. The summed E-state index contributed by atoms with van der Waals surface area (Å²) < 4.78 is 10.8. The fourth-order valence-electron chi connectivity index (χ4n) is 2.87. The molecule has 0 fully saturated rings. The summed E-state index contributed by atoms with van der Waals surface area (Å²) in [5.74, 6) is 0.992. The standard InChI is InChI=1S/C21H25NO3/c1-6-9-16-12-17(13-18(24-4)20(16)25-5)21(23)22-19-14(3)10-8-11-15(19)7-2/h6,8,10-13H,1,7,9H2,2-5H3,(H,22,23). The van der Waals surface area contributed by atoms with E-state index in [9.17, 15) is 4.79 Å². The van der Waals surface area contributed by atoms with Crippen LogP contribution in [0.2, 0.25) is 0 Å². The van der Waals surface area contributed by atoms with Gasteiger partial charge in [-0.2, -0.15) is 0 Å². The Labute approximate surface area is 149 Å². The van der Waals surface area contributed by atoms with Crippen molar-refractivity contribution in [3.05, 3.63) is 65.2 Å². The van der Waals surface area contributed by atoms with Crippen molar-refractivity contribution in [1.29, 1.82) is 0 Å². The van der Waals surface area contributed by atoms with Crippen LogP contribution in [0, 0.1) is 6.92 Å². The minimum absolute atomic E-state index is 0.171. The number of carbonyl (C=O) groups is 1. The van der Waals surface area contributed by atoms with Gasteiger partial charge in [0.15, 0.2) is 11.5 Å². The average Bonchev–Trinajstić information content (AvgIpc) is 2.62. The molecule has 2 rings (SSSR count). The first-order valence-electron chi connectivity index (χ1n) is 8.31. The maximum atomic E-state index is 12.8. The van der Waals surface area contributed by atoms with Crippen LogP contribution < -0.4 is 14.8 Å². The van der Waals surface area contributed by atoms with E-state index in [0.717, 1.165) is 28.8 Å². The number of para-hydroxylation sites is 1. The number of methoxy groups -OCH3 is 2. The van der Waals surface area contributed by atoms with Crippen LogP contribution in [0.3, 0.4) is 0 Å². The number of rotatable bonds is 7. The molecular formula is C21H25NO3. The summed E-state index contributed by atoms with van der Waals surface area (Å²) in [6, 6.07) is 9.54. The zero-order valence-corrected chi connectivity index (χ0v) is 15.3. The summed E-state index contributed by atoms with van der Waals surface area (Å²) in [5.41, 5.74) is 4.41. The zero-order valence-electron chi connectivity index (χ0n) is 15.3. The number of hydrogen-bond acceptors (Lipinski definition) is 3. The third-order valence-corrected chi connectivity index (χ3v) is 4.16. The minimum atomic E-state index is -0.171. The highest BCUT2D eigenvalue weighted by Gasteiger charge is 2.17. The van der Waals surface area contributed by atoms with E-state index in [4.69, 9.17) is 9.47 Å².